The number of benzene rings is 8. The summed E-state index contributed by atoms with van der Waals surface area (Å²) in [6.07, 6.45) is 15.0. The lowest BCUT2D eigenvalue weighted by Crippen LogP contribution is -2.36. The second-order valence-electron chi connectivity index (χ2n) is 20.3. The molecule has 12 aromatic rings. The van der Waals surface area contributed by atoms with E-state index < -0.39 is 17.0 Å². The summed E-state index contributed by atoms with van der Waals surface area (Å²) in [4.78, 5) is 38.5. The van der Waals surface area contributed by atoms with E-state index in [-0.39, 0.29) is 63.2 Å². The molecule has 85 heavy (non-hydrogen) atoms. The number of carbonyl (C=O) groups excluding carboxylic acids is 1. The zero-order chi connectivity index (χ0) is 57.4. The monoisotopic (exact) mass is 1250 g/mol. The number of hydrogen-bond donors (Lipinski definition) is 5. The van der Waals surface area contributed by atoms with Crippen molar-refractivity contribution in [2.24, 2.45) is 5.73 Å². The van der Waals surface area contributed by atoms with Crippen LogP contribution in [0.5, 0.6) is 0 Å². The number of aliphatic carboxylic acids is 1. The van der Waals surface area contributed by atoms with Crippen molar-refractivity contribution in [3.8, 4) is 0 Å². The van der Waals surface area contributed by atoms with Crippen LogP contribution in [0.2, 0.25) is 0 Å². The molecule has 0 radical (unpaired) electrons. The van der Waals surface area contributed by atoms with Crippen LogP contribution in [0.3, 0.4) is 0 Å². The normalized spacial score (nSPS) is 11.1. The minimum Gasteiger partial charge on any atom is -0.481 e. The van der Waals surface area contributed by atoms with E-state index in [0.29, 0.717) is 29.7 Å². The first-order chi connectivity index (χ1) is 40.7. The minimum atomic E-state index is -0.893. The molecule has 0 saturated carbocycles. The van der Waals surface area contributed by atoms with Crippen molar-refractivity contribution < 1.29 is 24.9 Å². The van der Waals surface area contributed by atoms with E-state index in [1.54, 1.807) is 24.5 Å². The van der Waals surface area contributed by atoms with Crippen molar-refractivity contribution in [3.63, 3.8) is 0 Å². The Hall–Kier alpha value is -9.25. The Morgan fingerprint density at radius 2 is 0.859 bits per heavy atom. The Bertz CT molecular complexity index is 3820. The highest BCUT2D eigenvalue weighted by Crippen LogP contribution is 2.42. The van der Waals surface area contributed by atoms with E-state index in [1.165, 1.54) is 41.0 Å². The molecule has 4 aromatic heterocycles. The number of H-pyrrole nitrogens is 2. The number of aromatic nitrogens is 6. The summed E-state index contributed by atoms with van der Waals surface area (Å²) in [6, 6.07) is 72.3. The summed E-state index contributed by atoms with van der Waals surface area (Å²) in [5.74, 6) is -1.58. The number of imidazole rings is 2. The summed E-state index contributed by atoms with van der Waals surface area (Å²) >= 11 is 0. The summed E-state index contributed by atoms with van der Waals surface area (Å²) in [6.45, 7) is 1.22. The molecule has 4 heterocycles. The van der Waals surface area contributed by atoms with Crippen LogP contribution in [0.4, 0.5) is 8.78 Å². The molecule has 12 rings (SSSR count). The third kappa shape index (κ3) is 14.1. The number of carboxylic acid groups (broad SMARTS) is 1. The van der Waals surface area contributed by atoms with Crippen molar-refractivity contribution >= 4 is 57.7 Å². The maximum absolute atomic E-state index is 13.5. The van der Waals surface area contributed by atoms with Crippen molar-refractivity contribution in [1.29, 1.82) is 0 Å². The molecule has 0 unspecified atom stereocenters. The predicted octanol–water partition coefficient (Wildman–Crippen LogP) is 14.7. The van der Waals surface area contributed by atoms with Gasteiger partial charge >= 0.3 is 5.97 Å². The second kappa shape index (κ2) is 29.3. The Kier molecular flexibility index (Phi) is 21.3. The number of nitrogens with one attached hydrogen (secondary N) is 3. The number of hydrogen-bond acceptors (Lipinski definition) is 5. The van der Waals surface area contributed by atoms with Gasteiger partial charge < -0.3 is 35.3 Å². The lowest BCUT2D eigenvalue weighted by molar-refractivity contribution is -0.136. The molecule has 0 bridgehead atoms. The number of rotatable bonds is 19. The van der Waals surface area contributed by atoms with E-state index in [0.717, 1.165) is 70.1 Å². The largest absolute Gasteiger partial charge is 0.481 e. The van der Waals surface area contributed by atoms with E-state index >= 15 is 0 Å². The van der Waals surface area contributed by atoms with Gasteiger partial charge in [-0.15, -0.1) is 24.0 Å². The Balaban J connectivity index is 0.000000203. The van der Waals surface area contributed by atoms with Crippen LogP contribution >= 0.6 is 24.0 Å². The maximum atomic E-state index is 13.5. The molecule has 11 nitrogen and oxygen atoms in total. The number of halogens is 3. The van der Waals surface area contributed by atoms with Crippen LogP contribution in [-0.4, -0.2) is 59.1 Å². The zero-order valence-corrected chi connectivity index (χ0v) is 48.5. The lowest BCUT2D eigenvalue weighted by atomic mass is 9.77. The number of nitrogens with zero attached hydrogens (tertiary/aromatic N) is 4. The highest BCUT2D eigenvalue weighted by Gasteiger charge is 2.39. The van der Waals surface area contributed by atoms with Gasteiger partial charge in [-0.2, -0.15) is 0 Å². The fourth-order valence-corrected chi connectivity index (χ4v) is 11.1. The third-order valence-corrected chi connectivity index (χ3v) is 14.9. The molecule has 6 N–H and O–H groups in total. The molecule has 0 aliphatic carbocycles. The average Bonchev–Trinajstić information content (AvgIpc) is 1.26. The van der Waals surface area contributed by atoms with E-state index in [2.05, 4.69) is 201 Å². The first-order valence-corrected chi connectivity index (χ1v) is 27.8. The predicted molar refractivity (Wildman–Crippen MR) is 348 cm³/mol. The number of aryl methyl sites for hydroxylation is 2. The number of carbonyl (C=O) groups is 2. The average molecular weight is 1250 g/mol. The van der Waals surface area contributed by atoms with E-state index in [9.17, 15) is 18.4 Å². The van der Waals surface area contributed by atoms with Crippen molar-refractivity contribution in [1.82, 2.24) is 34.4 Å². The molecular formula is C71H71F2IN8O3. The molecule has 8 aromatic carbocycles. The number of aromatic amines is 2. The first-order valence-electron chi connectivity index (χ1n) is 27.8. The highest BCUT2D eigenvalue weighted by atomic mass is 127. The number of nitrogens with two attached hydrogens (primary N) is 1. The van der Waals surface area contributed by atoms with Gasteiger partial charge in [0.05, 0.1) is 36.9 Å². The van der Waals surface area contributed by atoms with Gasteiger partial charge in [0.15, 0.2) is 0 Å². The quantitative estimate of drug-likeness (QED) is 0.0308. The molecule has 0 fully saturated rings. The number of fused-ring (bicyclic) bond motifs is 2. The van der Waals surface area contributed by atoms with Crippen molar-refractivity contribution in [3.05, 3.63) is 323 Å². The van der Waals surface area contributed by atoms with Gasteiger partial charge in [0.2, 0.25) is 5.91 Å². The summed E-state index contributed by atoms with van der Waals surface area (Å²) in [7, 11) is 0. The minimum absolute atomic E-state index is 0. The standard InChI is InChI=1S/C35H31FN4O.C25H25N3.C10H8FNO2.CH4.HI.H2/c36-30-18-19-32-26(23-38-33(32)22-30)21-34(41)37-20-10-17-31-24-40(25-39-31)35(27-11-4-1-5-12-27,28-13-6-2-7-14-28)29-15-8-3-9-16-29;26-18-10-17-24-19-28(20-27-24)25(21-11-4-1-5-12-21,22-13-6-2-7-14-22)23-15-8-3-9-16-23;11-7-1-2-8-6(3-10(13)14)5-12-9(8)4-7;;;/h1-9,11-16,18-19,22-25,38H,10,17,20-21H2,(H,37,41);1-9,11-16,19-20H,10,17-18,26H2;1-2,4-5,12H,3H2,(H,13,14);1H4;2*1H. The van der Waals surface area contributed by atoms with E-state index in [1.807, 2.05) is 30.9 Å². The molecule has 0 aliphatic heterocycles. The maximum Gasteiger partial charge on any atom is 0.307 e. The molecule has 0 atom stereocenters. The van der Waals surface area contributed by atoms with Crippen LogP contribution in [0.1, 0.15) is 77.6 Å². The van der Waals surface area contributed by atoms with Gasteiger partial charge in [-0.05, 0) is 113 Å². The van der Waals surface area contributed by atoms with Gasteiger partial charge in [0.1, 0.15) is 22.7 Å². The van der Waals surface area contributed by atoms with Gasteiger partial charge in [0.25, 0.3) is 0 Å². The fraction of sp³-hybridized carbons (Fsp3) is 0.155. The van der Waals surface area contributed by atoms with Gasteiger partial charge in [-0.3, -0.25) is 9.59 Å². The number of amides is 1. The van der Waals surface area contributed by atoms with E-state index in [4.69, 9.17) is 20.8 Å². The third-order valence-electron chi connectivity index (χ3n) is 14.9. The second-order valence-corrected chi connectivity index (χ2v) is 20.3. The summed E-state index contributed by atoms with van der Waals surface area (Å²) in [5.41, 5.74) is 16.6. The summed E-state index contributed by atoms with van der Waals surface area (Å²) < 4.78 is 30.7. The van der Waals surface area contributed by atoms with Crippen LogP contribution in [0, 0.1) is 11.6 Å². The SMILES string of the molecule is C.I.NCCCc1cn(C(c2ccccc2)(c2ccccc2)c2ccccc2)cn1.O=C(Cc1c[nH]c2cc(F)ccc12)NCCCc1cn(C(c2ccccc2)(c2ccccc2)c2ccccc2)cn1.O=C(O)Cc1c[nH]c2cc(F)ccc12.[HH]. The van der Waals surface area contributed by atoms with Gasteiger partial charge in [-0.1, -0.05) is 189 Å². The molecule has 1 amide bonds. The van der Waals surface area contributed by atoms with Crippen molar-refractivity contribution in [2.75, 3.05) is 13.1 Å². The Morgan fingerprint density at radius 1 is 0.518 bits per heavy atom. The fourth-order valence-electron chi connectivity index (χ4n) is 11.1. The molecule has 0 spiro atoms. The highest BCUT2D eigenvalue weighted by molar-refractivity contribution is 14.0. The van der Waals surface area contributed by atoms with Crippen LogP contribution in [0.15, 0.2) is 256 Å². The lowest BCUT2D eigenvalue weighted by Gasteiger charge is -2.37. The van der Waals surface area contributed by atoms with Gasteiger partial charge in [0, 0.05) is 54.6 Å². The molecule has 0 aliphatic rings. The van der Waals surface area contributed by atoms with Crippen LogP contribution in [-0.2, 0) is 46.4 Å². The molecule has 434 valence electrons. The van der Waals surface area contributed by atoms with Crippen molar-refractivity contribution in [2.45, 2.75) is 57.0 Å². The van der Waals surface area contributed by atoms with Crippen LogP contribution in [0.25, 0.3) is 21.8 Å². The first kappa shape index (κ1) is 61.8. The Labute approximate surface area is 513 Å². The molecule has 0 saturated heterocycles. The molecule has 14 heteroatoms. The number of carboxylic acids is 1. The topological polar surface area (TPSA) is 160 Å². The van der Waals surface area contributed by atoms with Gasteiger partial charge in [-0.25, -0.2) is 18.7 Å². The zero-order valence-electron chi connectivity index (χ0n) is 46.2. The molecular weight excluding hydrogens is 1180 g/mol. The van der Waals surface area contributed by atoms with Crippen LogP contribution < -0.4 is 11.1 Å². The smallest absolute Gasteiger partial charge is 0.307 e. The Morgan fingerprint density at radius 3 is 1.20 bits per heavy atom. The summed E-state index contributed by atoms with van der Waals surface area (Å²) in [5, 5.41) is 13.3.